The van der Waals surface area contributed by atoms with Crippen LogP contribution in [-0.4, -0.2) is 25.8 Å². The highest BCUT2D eigenvalue weighted by Gasteiger charge is 2.38. The fraction of sp³-hybridized carbons (Fsp3) is 0.400. The molecule has 0 aliphatic rings. The predicted octanol–water partition coefficient (Wildman–Crippen LogP) is 4.66. The molecule has 116 valence electrons. The second-order valence-corrected chi connectivity index (χ2v) is 4.18. The van der Waals surface area contributed by atoms with Gasteiger partial charge in [0.2, 0.25) is 0 Å². The first-order chi connectivity index (χ1) is 9.97. The molecule has 0 aliphatic carbocycles. The zero-order valence-electron chi connectivity index (χ0n) is 12.0. The van der Waals surface area contributed by atoms with Gasteiger partial charge in [-0.25, -0.2) is 4.99 Å². The molecule has 0 saturated heterocycles. The highest BCUT2D eigenvalue weighted by atomic mass is 19.4. The Balaban J connectivity index is 2.78. The molecule has 0 fully saturated rings. The zero-order valence-corrected chi connectivity index (χ0v) is 12.0. The van der Waals surface area contributed by atoms with Gasteiger partial charge in [0.1, 0.15) is 12.4 Å². The van der Waals surface area contributed by atoms with Gasteiger partial charge in [0.25, 0.3) is 5.90 Å². The molecule has 0 saturated carbocycles. The van der Waals surface area contributed by atoms with Gasteiger partial charge in [-0.2, -0.15) is 13.2 Å². The predicted molar refractivity (Wildman–Crippen MR) is 76.1 cm³/mol. The molecule has 0 radical (unpaired) electrons. The molecule has 0 amide bonds. The molecular formula is C15H18F3NO2. The number of allylic oxidation sites excluding steroid dienone is 1. The summed E-state index contributed by atoms with van der Waals surface area (Å²) in [6, 6.07) is 5.93. The lowest BCUT2D eigenvalue weighted by atomic mass is 10.3. The van der Waals surface area contributed by atoms with Crippen molar-refractivity contribution in [3.63, 3.8) is 0 Å². The second kappa shape index (κ2) is 8.34. The van der Waals surface area contributed by atoms with Crippen LogP contribution in [0.4, 0.5) is 18.9 Å². The Bertz CT molecular complexity index is 479. The standard InChI is InChI=1S/C15H18F3NO2/c1-3-4-5-6-11-21-14(15(16,17)18)19-12-7-9-13(20-2)10-8-12/h5-10H,3-4,11H2,1-2H3/b6-5-,19-14?. The van der Waals surface area contributed by atoms with E-state index in [4.69, 9.17) is 9.47 Å². The maximum absolute atomic E-state index is 12.8. The normalized spacial score (nSPS) is 12.7. The third-order valence-corrected chi connectivity index (χ3v) is 2.48. The third kappa shape index (κ3) is 6.33. The van der Waals surface area contributed by atoms with Crippen molar-refractivity contribution in [3.05, 3.63) is 36.4 Å². The van der Waals surface area contributed by atoms with E-state index in [-0.39, 0.29) is 12.3 Å². The molecular weight excluding hydrogens is 283 g/mol. The summed E-state index contributed by atoms with van der Waals surface area (Å²) in [7, 11) is 1.48. The van der Waals surface area contributed by atoms with E-state index in [1.54, 1.807) is 12.2 Å². The molecule has 0 spiro atoms. The fourth-order valence-electron chi connectivity index (χ4n) is 1.43. The van der Waals surface area contributed by atoms with Crippen molar-refractivity contribution >= 4 is 11.6 Å². The van der Waals surface area contributed by atoms with Crippen molar-refractivity contribution in [2.75, 3.05) is 13.7 Å². The number of rotatable bonds is 6. The number of benzene rings is 1. The minimum absolute atomic E-state index is 0.153. The van der Waals surface area contributed by atoms with Crippen LogP contribution in [0.25, 0.3) is 0 Å². The summed E-state index contributed by atoms with van der Waals surface area (Å²) in [5.74, 6) is -0.709. The Labute approximate surface area is 122 Å². The second-order valence-electron chi connectivity index (χ2n) is 4.18. The van der Waals surface area contributed by atoms with Crippen molar-refractivity contribution in [2.24, 2.45) is 4.99 Å². The molecule has 21 heavy (non-hydrogen) atoms. The van der Waals surface area contributed by atoms with E-state index in [1.807, 2.05) is 6.92 Å². The Morgan fingerprint density at radius 1 is 1.19 bits per heavy atom. The number of ether oxygens (including phenoxy) is 2. The molecule has 1 rings (SSSR count). The first kappa shape index (κ1) is 17.1. The van der Waals surface area contributed by atoms with Crippen LogP contribution in [0.15, 0.2) is 41.4 Å². The van der Waals surface area contributed by atoms with Crippen molar-refractivity contribution in [1.29, 1.82) is 0 Å². The average molecular weight is 301 g/mol. The van der Waals surface area contributed by atoms with E-state index >= 15 is 0 Å². The van der Waals surface area contributed by atoms with E-state index in [1.165, 1.54) is 31.4 Å². The molecule has 6 heteroatoms. The van der Waals surface area contributed by atoms with Crippen LogP contribution >= 0.6 is 0 Å². The Hall–Kier alpha value is -1.98. The van der Waals surface area contributed by atoms with Gasteiger partial charge in [-0.05, 0) is 30.7 Å². The molecule has 0 N–H and O–H groups in total. The summed E-state index contributed by atoms with van der Waals surface area (Å²) >= 11 is 0. The number of nitrogens with zero attached hydrogens (tertiary/aromatic N) is 1. The molecule has 0 aliphatic heterocycles. The van der Waals surface area contributed by atoms with Crippen molar-refractivity contribution in [1.82, 2.24) is 0 Å². The van der Waals surface area contributed by atoms with Crippen LogP contribution in [0.2, 0.25) is 0 Å². The van der Waals surface area contributed by atoms with Gasteiger partial charge in [0.05, 0.1) is 12.8 Å². The van der Waals surface area contributed by atoms with Gasteiger partial charge in [-0.15, -0.1) is 0 Å². The fourth-order valence-corrected chi connectivity index (χ4v) is 1.43. The highest BCUT2D eigenvalue weighted by Crippen LogP contribution is 2.24. The largest absolute Gasteiger partial charge is 0.497 e. The van der Waals surface area contributed by atoms with Gasteiger partial charge in [0.15, 0.2) is 0 Å². The first-order valence-corrected chi connectivity index (χ1v) is 6.55. The van der Waals surface area contributed by atoms with Crippen LogP contribution in [-0.2, 0) is 4.74 Å². The minimum atomic E-state index is -4.63. The summed E-state index contributed by atoms with van der Waals surface area (Å²) in [5.41, 5.74) is 0.153. The Morgan fingerprint density at radius 3 is 2.38 bits per heavy atom. The number of methoxy groups -OCH3 is 1. The van der Waals surface area contributed by atoms with Crippen LogP contribution < -0.4 is 4.74 Å². The highest BCUT2D eigenvalue weighted by molar-refractivity contribution is 5.84. The van der Waals surface area contributed by atoms with E-state index in [0.29, 0.717) is 5.75 Å². The number of hydrogen-bond acceptors (Lipinski definition) is 3. The first-order valence-electron chi connectivity index (χ1n) is 6.55. The van der Waals surface area contributed by atoms with Gasteiger partial charge >= 0.3 is 6.18 Å². The molecule has 1 aromatic carbocycles. The summed E-state index contributed by atoms with van der Waals surface area (Å²) in [4.78, 5) is 3.50. The quantitative estimate of drug-likeness (QED) is 0.434. The lowest BCUT2D eigenvalue weighted by molar-refractivity contribution is -0.0770. The average Bonchev–Trinajstić information content (AvgIpc) is 2.45. The topological polar surface area (TPSA) is 30.8 Å². The Kier molecular flexibility index (Phi) is 6.78. The SMILES string of the molecule is CCC/C=C\COC(=Nc1ccc(OC)cc1)C(F)(F)F. The number of alkyl halides is 3. The van der Waals surface area contributed by atoms with Crippen molar-refractivity contribution in [2.45, 2.75) is 25.9 Å². The van der Waals surface area contributed by atoms with Crippen LogP contribution in [0.1, 0.15) is 19.8 Å². The van der Waals surface area contributed by atoms with E-state index in [2.05, 4.69) is 4.99 Å². The number of aliphatic imine (C=N–C) groups is 1. The lowest BCUT2D eigenvalue weighted by Crippen LogP contribution is -2.25. The van der Waals surface area contributed by atoms with Crippen LogP contribution in [0, 0.1) is 0 Å². The van der Waals surface area contributed by atoms with E-state index in [9.17, 15) is 13.2 Å². The smallest absolute Gasteiger partial charge is 0.468 e. The van der Waals surface area contributed by atoms with Gasteiger partial charge < -0.3 is 9.47 Å². The number of unbranched alkanes of at least 4 members (excludes halogenated alkanes) is 1. The molecule has 0 unspecified atom stereocenters. The summed E-state index contributed by atoms with van der Waals surface area (Å²) < 4.78 is 48.1. The van der Waals surface area contributed by atoms with E-state index in [0.717, 1.165) is 12.8 Å². The third-order valence-electron chi connectivity index (χ3n) is 2.48. The van der Waals surface area contributed by atoms with Crippen molar-refractivity contribution < 1.29 is 22.6 Å². The van der Waals surface area contributed by atoms with Crippen LogP contribution in [0.3, 0.4) is 0 Å². The summed E-state index contributed by atoms with van der Waals surface area (Å²) in [5, 5.41) is 0. The van der Waals surface area contributed by atoms with Crippen LogP contribution in [0.5, 0.6) is 5.75 Å². The lowest BCUT2D eigenvalue weighted by Gasteiger charge is -2.10. The van der Waals surface area contributed by atoms with E-state index < -0.39 is 12.1 Å². The summed E-state index contributed by atoms with van der Waals surface area (Å²) in [6.45, 7) is 1.83. The Morgan fingerprint density at radius 2 is 1.86 bits per heavy atom. The van der Waals surface area contributed by atoms with Crippen molar-refractivity contribution in [3.8, 4) is 5.75 Å². The van der Waals surface area contributed by atoms with Gasteiger partial charge in [-0.3, -0.25) is 0 Å². The number of hydrogen-bond donors (Lipinski definition) is 0. The summed E-state index contributed by atoms with van der Waals surface area (Å²) in [6.07, 6.45) is 0.446. The maximum atomic E-state index is 12.8. The monoisotopic (exact) mass is 301 g/mol. The molecule has 0 atom stereocenters. The maximum Gasteiger partial charge on any atom is 0.468 e. The van der Waals surface area contributed by atoms with Gasteiger partial charge in [-0.1, -0.05) is 25.5 Å². The molecule has 0 bridgehead atoms. The molecule has 0 aromatic heterocycles. The zero-order chi connectivity index (χ0) is 15.7. The molecule has 3 nitrogen and oxygen atoms in total. The molecule has 0 heterocycles. The minimum Gasteiger partial charge on any atom is -0.497 e. The molecule has 1 aromatic rings. The van der Waals surface area contributed by atoms with Gasteiger partial charge in [0, 0.05) is 0 Å². The number of halogens is 3.